The Bertz CT molecular complexity index is 402. The van der Waals surface area contributed by atoms with Crippen molar-refractivity contribution >= 4 is 5.69 Å². The Hall–Kier alpha value is -1.14. The van der Waals surface area contributed by atoms with Crippen molar-refractivity contribution in [3.05, 3.63) is 28.8 Å². The maximum absolute atomic E-state index is 5.44. The SMILES string of the molecule is COCOCCN(CCOCOC)c1c(C)cc(C)cc1C. The van der Waals surface area contributed by atoms with E-state index in [0.717, 1.165) is 13.1 Å². The molecule has 0 fully saturated rings. The lowest BCUT2D eigenvalue weighted by Gasteiger charge is -2.28. The molecule has 0 aliphatic rings. The third kappa shape index (κ3) is 6.32. The van der Waals surface area contributed by atoms with Crippen LogP contribution in [0, 0.1) is 20.8 Å². The van der Waals surface area contributed by atoms with E-state index in [2.05, 4.69) is 37.8 Å². The molecule has 0 aliphatic carbocycles. The second kappa shape index (κ2) is 10.6. The van der Waals surface area contributed by atoms with Crippen molar-refractivity contribution < 1.29 is 18.9 Å². The molecule has 126 valence electrons. The van der Waals surface area contributed by atoms with Crippen molar-refractivity contribution in [3.8, 4) is 0 Å². The van der Waals surface area contributed by atoms with Gasteiger partial charge in [0.2, 0.25) is 0 Å². The monoisotopic (exact) mass is 311 g/mol. The van der Waals surface area contributed by atoms with Gasteiger partial charge in [0.25, 0.3) is 0 Å². The van der Waals surface area contributed by atoms with Gasteiger partial charge in [-0.1, -0.05) is 17.7 Å². The molecule has 0 saturated heterocycles. The molecule has 0 aliphatic heterocycles. The molecule has 0 unspecified atom stereocenters. The van der Waals surface area contributed by atoms with E-state index >= 15 is 0 Å². The summed E-state index contributed by atoms with van der Waals surface area (Å²) >= 11 is 0. The van der Waals surface area contributed by atoms with Crippen LogP contribution in [0.4, 0.5) is 5.69 Å². The number of methoxy groups -OCH3 is 2. The van der Waals surface area contributed by atoms with Gasteiger partial charge in [0.05, 0.1) is 13.2 Å². The number of nitrogens with zero attached hydrogens (tertiary/aromatic N) is 1. The van der Waals surface area contributed by atoms with Gasteiger partial charge in [0, 0.05) is 33.0 Å². The van der Waals surface area contributed by atoms with Gasteiger partial charge < -0.3 is 23.8 Å². The quantitative estimate of drug-likeness (QED) is 0.464. The summed E-state index contributed by atoms with van der Waals surface area (Å²) in [5.41, 5.74) is 5.09. The fourth-order valence-corrected chi connectivity index (χ4v) is 2.64. The van der Waals surface area contributed by atoms with Gasteiger partial charge in [-0.25, -0.2) is 0 Å². The Morgan fingerprint density at radius 2 is 1.27 bits per heavy atom. The van der Waals surface area contributed by atoms with Gasteiger partial charge in [0.1, 0.15) is 13.6 Å². The summed E-state index contributed by atoms with van der Waals surface area (Å²) in [4.78, 5) is 2.30. The highest BCUT2D eigenvalue weighted by molar-refractivity contribution is 5.60. The molecule has 0 heterocycles. The lowest BCUT2D eigenvalue weighted by atomic mass is 10.0. The highest BCUT2D eigenvalue weighted by Crippen LogP contribution is 2.26. The third-order valence-electron chi connectivity index (χ3n) is 3.37. The molecule has 1 aromatic rings. The van der Waals surface area contributed by atoms with E-state index in [9.17, 15) is 0 Å². The fraction of sp³-hybridized carbons (Fsp3) is 0.647. The van der Waals surface area contributed by atoms with E-state index in [4.69, 9.17) is 18.9 Å². The summed E-state index contributed by atoms with van der Waals surface area (Å²) in [6, 6.07) is 4.42. The highest BCUT2D eigenvalue weighted by atomic mass is 16.7. The first kappa shape index (κ1) is 18.9. The number of benzene rings is 1. The van der Waals surface area contributed by atoms with Gasteiger partial charge in [-0.2, -0.15) is 0 Å². The highest BCUT2D eigenvalue weighted by Gasteiger charge is 2.12. The fourth-order valence-electron chi connectivity index (χ4n) is 2.64. The average Bonchev–Trinajstić information content (AvgIpc) is 2.46. The van der Waals surface area contributed by atoms with Crippen molar-refractivity contribution in [1.82, 2.24) is 0 Å². The molecule has 0 bridgehead atoms. The Balaban J connectivity index is 2.75. The van der Waals surface area contributed by atoms with Gasteiger partial charge in [-0.05, 0) is 31.9 Å². The molecule has 0 N–H and O–H groups in total. The zero-order valence-electron chi connectivity index (χ0n) is 14.5. The Kier molecular flexibility index (Phi) is 9.08. The summed E-state index contributed by atoms with van der Waals surface area (Å²) in [6.07, 6.45) is 0. The summed E-state index contributed by atoms with van der Waals surface area (Å²) in [6.45, 7) is 9.88. The molecule has 5 heteroatoms. The van der Waals surface area contributed by atoms with Crippen LogP contribution in [-0.2, 0) is 18.9 Å². The molecule has 5 nitrogen and oxygen atoms in total. The topological polar surface area (TPSA) is 40.2 Å². The molecule has 0 aromatic heterocycles. The standard InChI is InChI=1S/C17H29NO4/c1-14-10-15(2)17(16(3)11-14)18(6-8-21-12-19-4)7-9-22-13-20-5/h10-11H,6-9,12-13H2,1-5H3. The minimum absolute atomic E-state index is 0.319. The minimum Gasteiger partial charge on any atom is -0.366 e. The van der Waals surface area contributed by atoms with Gasteiger partial charge in [-0.3, -0.25) is 0 Å². The van der Waals surface area contributed by atoms with Crippen LogP contribution in [0.1, 0.15) is 16.7 Å². The lowest BCUT2D eigenvalue weighted by molar-refractivity contribution is -0.0320. The number of anilines is 1. The number of ether oxygens (including phenoxy) is 4. The van der Waals surface area contributed by atoms with E-state index in [-0.39, 0.29) is 0 Å². The molecule has 0 amide bonds. The second-order valence-electron chi connectivity index (χ2n) is 5.36. The normalized spacial score (nSPS) is 11.0. The summed E-state index contributed by atoms with van der Waals surface area (Å²) < 4.78 is 20.7. The van der Waals surface area contributed by atoms with E-state index in [0.29, 0.717) is 26.8 Å². The number of hydrogen-bond acceptors (Lipinski definition) is 5. The predicted molar refractivity (Wildman–Crippen MR) is 88.5 cm³/mol. The number of aryl methyl sites for hydroxylation is 3. The zero-order chi connectivity index (χ0) is 16.4. The van der Waals surface area contributed by atoms with Gasteiger partial charge >= 0.3 is 0 Å². The molecular formula is C17H29NO4. The van der Waals surface area contributed by atoms with E-state index in [1.807, 2.05) is 0 Å². The second-order valence-corrected chi connectivity index (χ2v) is 5.36. The Morgan fingerprint density at radius 1 is 0.818 bits per heavy atom. The maximum atomic E-state index is 5.44. The average molecular weight is 311 g/mol. The smallest absolute Gasteiger partial charge is 0.146 e. The van der Waals surface area contributed by atoms with Crippen LogP contribution in [0.15, 0.2) is 12.1 Å². The third-order valence-corrected chi connectivity index (χ3v) is 3.37. The molecule has 0 atom stereocenters. The van der Waals surface area contributed by atoms with Crippen LogP contribution >= 0.6 is 0 Å². The van der Waals surface area contributed by atoms with Crippen molar-refractivity contribution in [3.63, 3.8) is 0 Å². The van der Waals surface area contributed by atoms with Crippen LogP contribution in [0.3, 0.4) is 0 Å². The van der Waals surface area contributed by atoms with Crippen LogP contribution < -0.4 is 4.90 Å². The molecule has 0 radical (unpaired) electrons. The first-order chi connectivity index (χ1) is 10.6. The van der Waals surface area contributed by atoms with Crippen molar-refractivity contribution in [2.45, 2.75) is 20.8 Å². The Morgan fingerprint density at radius 3 is 1.68 bits per heavy atom. The molecule has 0 spiro atoms. The summed E-state index contributed by atoms with van der Waals surface area (Å²) in [5.74, 6) is 0. The summed E-state index contributed by atoms with van der Waals surface area (Å²) in [7, 11) is 3.26. The molecule has 22 heavy (non-hydrogen) atoms. The van der Waals surface area contributed by atoms with Crippen molar-refractivity contribution in [1.29, 1.82) is 0 Å². The van der Waals surface area contributed by atoms with E-state index in [1.54, 1.807) is 14.2 Å². The van der Waals surface area contributed by atoms with Crippen molar-refractivity contribution in [2.24, 2.45) is 0 Å². The number of rotatable bonds is 11. The van der Waals surface area contributed by atoms with E-state index < -0.39 is 0 Å². The summed E-state index contributed by atoms with van der Waals surface area (Å²) in [5, 5.41) is 0. The van der Waals surface area contributed by atoms with E-state index in [1.165, 1.54) is 22.4 Å². The molecule has 1 aromatic carbocycles. The molecular weight excluding hydrogens is 282 g/mol. The largest absolute Gasteiger partial charge is 0.366 e. The molecule has 0 saturated carbocycles. The first-order valence-electron chi connectivity index (χ1n) is 7.56. The minimum atomic E-state index is 0.319. The van der Waals surface area contributed by atoms with Crippen molar-refractivity contribution in [2.75, 3.05) is 59.0 Å². The maximum Gasteiger partial charge on any atom is 0.146 e. The Labute approximate surface area is 134 Å². The van der Waals surface area contributed by atoms with Crippen LogP contribution in [0.25, 0.3) is 0 Å². The lowest BCUT2D eigenvalue weighted by Crippen LogP contribution is -2.32. The van der Waals surface area contributed by atoms with Gasteiger partial charge in [-0.15, -0.1) is 0 Å². The predicted octanol–water partition coefficient (Wildman–Crippen LogP) is 2.66. The van der Waals surface area contributed by atoms with Crippen LogP contribution in [0.2, 0.25) is 0 Å². The zero-order valence-corrected chi connectivity index (χ0v) is 14.5. The van der Waals surface area contributed by atoms with Gasteiger partial charge in [0.15, 0.2) is 0 Å². The van der Waals surface area contributed by atoms with Crippen LogP contribution in [0.5, 0.6) is 0 Å². The van der Waals surface area contributed by atoms with Crippen LogP contribution in [-0.4, -0.2) is 54.1 Å². The first-order valence-corrected chi connectivity index (χ1v) is 7.56. The number of hydrogen-bond donors (Lipinski definition) is 0. The molecule has 1 rings (SSSR count).